The predicted molar refractivity (Wildman–Crippen MR) is 309 cm³/mol. The van der Waals surface area contributed by atoms with Crippen LogP contribution in [-0.2, 0) is 0 Å². The van der Waals surface area contributed by atoms with Crippen LogP contribution in [0.25, 0.3) is 66.1 Å². The van der Waals surface area contributed by atoms with Gasteiger partial charge in [-0.25, -0.2) is 0 Å². The summed E-state index contributed by atoms with van der Waals surface area (Å²) in [6.07, 6.45) is 0. The van der Waals surface area contributed by atoms with Crippen LogP contribution in [0.15, 0.2) is 243 Å². The Bertz CT molecular complexity index is 4330. The zero-order valence-electron chi connectivity index (χ0n) is 39.6. The normalized spacial score (nSPS) is 14.0. The highest BCUT2D eigenvalue weighted by Crippen LogP contribution is 2.58. The SMILES string of the molecule is c1ccc(-c2c3c(cc4c2oc2ccccc24)B2c4cccc5c4N4c6c(cccc6B6c7cc8c(oc9ccccc98)c(-c8ccccc8)c7N(c7ccccc7)c7cc(c2c4c76)N3c2ccccc2)S5)cc1. The molecule has 5 aliphatic heterocycles. The maximum Gasteiger partial charge on any atom is 0.252 e. The first-order valence-electron chi connectivity index (χ1n) is 25.5. The fourth-order valence-electron chi connectivity index (χ4n) is 13.8. The van der Waals surface area contributed by atoms with Crippen molar-refractivity contribution in [2.75, 3.05) is 14.7 Å². The molecule has 18 rings (SSSR count). The molecule has 0 N–H and O–H groups in total. The van der Waals surface area contributed by atoms with Crippen molar-refractivity contribution < 1.29 is 8.83 Å². The van der Waals surface area contributed by atoms with Gasteiger partial charge < -0.3 is 23.5 Å². The third-order valence-electron chi connectivity index (χ3n) is 16.5. The van der Waals surface area contributed by atoms with Gasteiger partial charge in [-0.05, 0) is 98.5 Å². The van der Waals surface area contributed by atoms with Crippen molar-refractivity contribution >= 4 is 153 Å². The van der Waals surface area contributed by atoms with Crippen molar-refractivity contribution in [2.24, 2.45) is 0 Å². The largest absolute Gasteiger partial charge is 0.455 e. The molecular formula is C66H37B2N3O2S. The molecule has 0 saturated heterocycles. The second kappa shape index (κ2) is 14.3. The van der Waals surface area contributed by atoms with Crippen LogP contribution in [0, 0.1) is 0 Å². The van der Waals surface area contributed by atoms with Gasteiger partial charge in [0, 0.05) is 70.9 Å². The van der Waals surface area contributed by atoms with Crippen LogP contribution < -0.4 is 47.5 Å². The van der Waals surface area contributed by atoms with Crippen molar-refractivity contribution in [2.45, 2.75) is 9.79 Å². The molecule has 0 radical (unpaired) electrons. The Morgan fingerprint density at radius 3 is 1.20 bits per heavy atom. The van der Waals surface area contributed by atoms with Crippen LogP contribution in [-0.4, -0.2) is 13.4 Å². The third-order valence-corrected chi connectivity index (χ3v) is 17.6. The maximum atomic E-state index is 7.12. The number of furan rings is 2. The van der Waals surface area contributed by atoms with Gasteiger partial charge in [-0.2, -0.15) is 0 Å². The van der Waals surface area contributed by atoms with E-state index in [4.69, 9.17) is 8.83 Å². The van der Waals surface area contributed by atoms with E-state index in [0.29, 0.717) is 0 Å². The lowest BCUT2D eigenvalue weighted by Gasteiger charge is -2.53. The van der Waals surface area contributed by atoms with E-state index in [0.717, 1.165) is 100 Å². The van der Waals surface area contributed by atoms with E-state index < -0.39 is 0 Å². The molecule has 7 heterocycles. The summed E-state index contributed by atoms with van der Waals surface area (Å²) in [6, 6.07) is 82.7. The van der Waals surface area contributed by atoms with Gasteiger partial charge in [0.15, 0.2) is 0 Å². The molecule has 0 unspecified atom stereocenters. The topological polar surface area (TPSA) is 36.0 Å². The number of nitrogens with zero attached hydrogens (tertiary/aromatic N) is 3. The highest BCUT2D eigenvalue weighted by atomic mass is 32.2. The summed E-state index contributed by atoms with van der Waals surface area (Å²) in [5.41, 5.74) is 26.4. The second-order valence-corrected chi connectivity index (χ2v) is 21.3. The molecule has 2 aromatic heterocycles. The molecule has 0 fully saturated rings. The molecule has 5 aliphatic rings. The van der Waals surface area contributed by atoms with E-state index in [1.165, 1.54) is 59.6 Å². The molecule has 0 atom stereocenters. The van der Waals surface area contributed by atoms with Gasteiger partial charge in [0.05, 0.1) is 22.7 Å². The van der Waals surface area contributed by atoms with Crippen molar-refractivity contribution in [3.8, 4) is 22.3 Å². The van der Waals surface area contributed by atoms with E-state index >= 15 is 0 Å². The maximum absolute atomic E-state index is 7.12. The van der Waals surface area contributed by atoms with Gasteiger partial charge in [-0.1, -0.05) is 182 Å². The minimum absolute atomic E-state index is 0.119. The minimum atomic E-state index is -0.119. The Kier molecular flexibility index (Phi) is 7.64. The van der Waals surface area contributed by atoms with E-state index in [9.17, 15) is 0 Å². The summed E-state index contributed by atoms with van der Waals surface area (Å²) in [5, 5.41) is 4.50. The smallest absolute Gasteiger partial charge is 0.252 e. The highest BCUT2D eigenvalue weighted by Gasteiger charge is 2.54. The van der Waals surface area contributed by atoms with Crippen LogP contribution in [0.4, 0.5) is 51.2 Å². The molecule has 5 nitrogen and oxygen atoms in total. The van der Waals surface area contributed by atoms with Crippen LogP contribution in [0.2, 0.25) is 0 Å². The van der Waals surface area contributed by atoms with Gasteiger partial charge in [0.25, 0.3) is 13.4 Å². The average Bonchev–Trinajstić information content (AvgIpc) is 4.09. The van der Waals surface area contributed by atoms with E-state index in [1.807, 2.05) is 11.8 Å². The van der Waals surface area contributed by atoms with E-state index in [2.05, 4.69) is 239 Å². The predicted octanol–water partition coefficient (Wildman–Crippen LogP) is 14.0. The summed E-state index contributed by atoms with van der Waals surface area (Å²) in [7, 11) is 0. The Morgan fingerprint density at radius 2 is 0.743 bits per heavy atom. The molecule has 13 aromatic rings. The third kappa shape index (κ3) is 4.94. The quantitative estimate of drug-likeness (QED) is 0.164. The lowest BCUT2D eigenvalue weighted by molar-refractivity contribution is 0.669. The van der Waals surface area contributed by atoms with Gasteiger partial charge in [0.2, 0.25) is 0 Å². The number of hydrogen-bond donors (Lipinski definition) is 0. The van der Waals surface area contributed by atoms with Crippen molar-refractivity contribution in [1.29, 1.82) is 0 Å². The Labute approximate surface area is 430 Å². The first-order valence-corrected chi connectivity index (χ1v) is 26.3. The molecule has 11 aromatic carbocycles. The summed E-state index contributed by atoms with van der Waals surface area (Å²) in [4.78, 5) is 10.4. The van der Waals surface area contributed by atoms with E-state index in [-0.39, 0.29) is 13.4 Å². The number of fused-ring (bicyclic) bond motifs is 12. The number of hydrogen-bond acceptors (Lipinski definition) is 6. The van der Waals surface area contributed by atoms with Crippen molar-refractivity contribution in [1.82, 2.24) is 0 Å². The van der Waals surface area contributed by atoms with Gasteiger partial charge in [0.1, 0.15) is 22.3 Å². The summed E-state index contributed by atoms with van der Waals surface area (Å²) >= 11 is 1.91. The first kappa shape index (κ1) is 39.5. The minimum Gasteiger partial charge on any atom is -0.455 e. The van der Waals surface area contributed by atoms with Crippen molar-refractivity contribution in [3.63, 3.8) is 0 Å². The van der Waals surface area contributed by atoms with Crippen molar-refractivity contribution in [3.05, 3.63) is 224 Å². The Balaban J connectivity index is 1.07. The fourth-order valence-corrected chi connectivity index (χ4v) is 14.9. The zero-order chi connectivity index (χ0) is 47.9. The monoisotopic (exact) mass is 957 g/mol. The molecule has 0 aliphatic carbocycles. The molecule has 8 heteroatoms. The molecule has 0 spiro atoms. The van der Waals surface area contributed by atoms with Gasteiger partial charge in [-0.15, -0.1) is 0 Å². The van der Waals surface area contributed by atoms with Gasteiger partial charge >= 0.3 is 0 Å². The summed E-state index contributed by atoms with van der Waals surface area (Å²) in [6.45, 7) is -0.237. The summed E-state index contributed by atoms with van der Waals surface area (Å²) < 4.78 is 14.2. The van der Waals surface area contributed by atoms with E-state index in [1.54, 1.807) is 0 Å². The molecule has 74 heavy (non-hydrogen) atoms. The average molecular weight is 958 g/mol. The second-order valence-electron chi connectivity index (χ2n) is 20.2. The van der Waals surface area contributed by atoms with Crippen LogP contribution >= 0.6 is 11.8 Å². The van der Waals surface area contributed by atoms with Crippen LogP contribution in [0.1, 0.15) is 0 Å². The number of rotatable bonds is 4. The standard InChI is InChI=1S/C66H37B2N3O2S/c1-5-19-38(20-6-1)56-62-48(35-44-42-27-13-15-31-52(42)72-65(44)56)67-46-29-17-33-54-60(46)71-61-47(30-18-34-55(61)74-54)68-49-36-45-43-28-14-16-32-53(43)73-66(45)57(39-21-7-2-8-22-39)63(49)70(41-25-11-4-12-26-41)51-37-50(58(67)64(71)59(51)68)69(62)40-23-9-3-10-24-40/h1-37H. The molecule has 0 amide bonds. The molecular weight excluding hydrogens is 920 g/mol. The molecule has 0 saturated carbocycles. The lowest BCUT2D eigenvalue weighted by atomic mass is 9.28. The number of anilines is 9. The fraction of sp³-hybridized carbons (Fsp3) is 0. The number of para-hydroxylation sites is 6. The lowest BCUT2D eigenvalue weighted by Crippen LogP contribution is -2.69. The molecule has 0 bridgehead atoms. The Morgan fingerprint density at radius 1 is 0.324 bits per heavy atom. The first-order chi connectivity index (χ1) is 36.8. The van der Waals surface area contributed by atoms with Gasteiger partial charge in [-0.3, -0.25) is 0 Å². The zero-order valence-corrected chi connectivity index (χ0v) is 40.4. The molecule has 340 valence electrons. The Hall–Kier alpha value is -9.10. The highest BCUT2D eigenvalue weighted by molar-refractivity contribution is 7.99. The van der Waals surface area contributed by atoms with Crippen LogP contribution in [0.5, 0.6) is 0 Å². The summed E-state index contributed by atoms with van der Waals surface area (Å²) in [5.74, 6) is 0. The number of benzene rings is 11. The van der Waals surface area contributed by atoms with Crippen LogP contribution in [0.3, 0.4) is 0 Å².